The number of amides is 6. The summed E-state index contributed by atoms with van der Waals surface area (Å²) in [5.74, 6) is -4.12. The van der Waals surface area contributed by atoms with Crippen LogP contribution in [0.1, 0.15) is 133 Å². The highest BCUT2D eigenvalue weighted by Gasteiger charge is 2.48. The molecule has 0 spiro atoms. The number of Topliss-reactive ketones (excluding diaryl/α,β-unsaturated/α-hetero) is 1. The van der Waals surface area contributed by atoms with Gasteiger partial charge in [0.2, 0.25) is 35.3 Å². The second-order valence-corrected chi connectivity index (χ2v) is 21.6. The highest BCUT2D eigenvalue weighted by molar-refractivity contribution is 6.45. The quantitative estimate of drug-likeness (QED) is 0.0689. The summed E-state index contributed by atoms with van der Waals surface area (Å²) in [5, 5.41) is 42.3. The van der Waals surface area contributed by atoms with Crippen molar-refractivity contribution in [3.8, 4) is 0 Å². The van der Waals surface area contributed by atoms with Crippen LogP contribution in [0.5, 0.6) is 0 Å². The minimum Gasteiger partial charge on any atom is -0.376 e. The normalized spacial score (nSPS) is 22.9. The SMILES string of the molecule is CNC(C)C(=O)NC(C(=O)N1CC(NC(=O)c2cccc(C(=O)C(=N)C3CC(C(=O)NC4CCCc5ccccc54)N(C(O)C(NC(=O)C(C)NC)C(C)(C)C)C3)c2)CC1C(=O)NC(C)C(C)C)C(C)C. The van der Waals surface area contributed by atoms with Crippen molar-refractivity contribution in [2.24, 2.45) is 23.2 Å². The Morgan fingerprint density at radius 2 is 1.37 bits per heavy atom. The number of rotatable bonds is 20. The van der Waals surface area contributed by atoms with Crippen LogP contribution in [-0.4, -0.2) is 144 Å². The van der Waals surface area contributed by atoms with Gasteiger partial charge in [-0.25, -0.2) is 0 Å². The first-order chi connectivity index (χ1) is 33.4. The van der Waals surface area contributed by atoms with E-state index in [-0.39, 0.29) is 90.3 Å². The van der Waals surface area contributed by atoms with Crippen molar-refractivity contribution in [3.05, 3.63) is 70.8 Å². The smallest absolute Gasteiger partial charge is 0.251 e. The molecular formula is C53H80N10O8. The Balaban J connectivity index is 1.37. The zero-order chi connectivity index (χ0) is 52.6. The monoisotopic (exact) mass is 985 g/mol. The Hall–Kier alpha value is -5.56. The zero-order valence-corrected chi connectivity index (χ0v) is 43.8. The van der Waals surface area contributed by atoms with E-state index in [0.717, 1.165) is 30.4 Å². The van der Waals surface area contributed by atoms with Gasteiger partial charge in [-0.05, 0) is 107 Å². The number of nitrogens with one attached hydrogen (secondary N) is 8. The number of nitrogens with zero attached hydrogens (tertiary/aromatic N) is 2. The molecule has 11 atom stereocenters. The fourth-order valence-corrected chi connectivity index (χ4v) is 9.56. The van der Waals surface area contributed by atoms with Gasteiger partial charge in [-0.3, -0.25) is 38.5 Å². The van der Waals surface area contributed by atoms with Gasteiger partial charge in [0, 0.05) is 42.2 Å². The molecule has 6 amide bonds. The van der Waals surface area contributed by atoms with E-state index < -0.39 is 77.5 Å². The predicted molar refractivity (Wildman–Crippen MR) is 272 cm³/mol. The minimum atomic E-state index is -1.37. The molecule has 2 fully saturated rings. The number of hydrogen-bond acceptors (Lipinski definition) is 12. The molecule has 390 valence electrons. The first-order valence-electron chi connectivity index (χ1n) is 25.3. The molecule has 0 radical (unpaired) electrons. The molecule has 5 rings (SSSR count). The van der Waals surface area contributed by atoms with Crippen LogP contribution in [0.4, 0.5) is 0 Å². The van der Waals surface area contributed by atoms with Crippen LogP contribution >= 0.6 is 0 Å². The van der Waals surface area contributed by atoms with E-state index in [4.69, 9.17) is 0 Å². The van der Waals surface area contributed by atoms with Gasteiger partial charge >= 0.3 is 0 Å². The third-order valence-corrected chi connectivity index (χ3v) is 14.7. The molecule has 2 aromatic rings. The first-order valence-corrected chi connectivity index (χ1v) is 25.3. The summed E-state index contributed by atoms with van der Waals surface area (Å²) in [6.45, 7) is 18.4. The largest absolute Gasteiger partial charge is 0.376 e. The van der Waals surface area contributed by atoms with Gasteiger partial charge in [0.1, 0.15) is 18.3 Å². The van der Waals surface area contributed by atoms with E-state index in [0.29, 0.717) is 0 Å². The van der Waals surface area contributed by atoms with Gasteiger partial charge in [0.05, 0.1) is 35.9 Å². The molecule has 0 saturated carbocycles. The van der Waals surface area contributed by atoms with E-state index >= 15 is 0 Å². The lowest BCUT2D eigenvalue weighted by molar-refractivity contribution is -0.142. The lowest BCUT2D eigenvalue weighted by Gasteiger charge is -2.41. The number of aliphatic hydroxyl groups is 1. The molecule has 0 bridgehead atoms. The van der Waals surface area contributed by atoms with Gasteiger partial charge in [0.25, 0.3) is 5.91 Å². The fraction of sp³-hybridized carbons (Fsp3) is 0.623. The Bertz CT molecular complexity index is 2280. The lowest BCUT2D eigenvalue weighted by atomic mass is 9.84. The number of aliphatic hydroxyl groups excluding tert-OH is 1. The van der Waals surface area contributed by atoms with Crippen molar-refractivity contribution in [2.75, 3.05) is 27.2 Å². The topological polar surface area (TPSA) is 254 Å². The standard InChI is InChI=1S/C53H80N10O8/c1-28(2)30(5)57-49(68)41-25-37(27-63(41)51(70)43(29(3)4)60-46(65)31(6)55-11)58-48(67)35-20-15-19-34(23-35)44(64)42(54)36-24-40(50(69)59-39-22-16-18-33-17-13-14-21-38(33)39)62(26-36)52(71)45(53(8,9)10)61-47(66)32(7)56-12/h13-15,17,19-21,23,28-32,36-37,39-41,43,45,52,54-56,71H,16,18,22,24-27H2,1-12H3,(H,57,68)(H,58,67)(H,59,69)(H,60,65)(H,61,66). The third-order valence-electron chi connectivity index (χ3n) is 14.7. The van der Waals surface area contributed by atoms with Crippen molar-refractivity contribution in [1.82, 2.24) is 47.0 Å². The van der Waals surface area contributed by atoms with Crippen molar-refractivity contribution in [2.45, 2.75) is 162 Å². The van der Waals surface area contributed by atoms with Gasteiger partial charge in [-0.2, -0.15) is 0 Å². The number of likely N-dealkylation sites (N-methyl/N-ethyl adjacent to an activating group) is 2. The summed E-state index contributed by atoms with van der Waals surface area (Å²) in [5.41, 5.74) is 1.38. The van der Waals surface area contributed by atoms with Gasteiger partial charge in [-0.15, -0.1) is 0 Å². The number of aryl methyl sites for hydroxylation is 1. The Labute approximate surface area is 419 Å². The van der Waals surface area contributed by atoms with E-state index in [1.165, 1.54) is 29.2 Å². The Morgan fingerprint density at radius 1 is 0.732 bits per heavy atom. The highest BCUT2D eigenvalue weighted by Crippen LogP contribution is 2.35. The van der Waals surface area contributed by atoms with Crippen LogP contribution in [0.25, 0.3) is 0 Å². The van der Waals surface area contributed by atoms with Gasteiger partial charge in [-0.1, -0.05) is 84.9 Å². The van der Waals surface area contributed by atoms with Gasteiger partial charge < -0.3 is 52.6 Å². The Kier molecular flexibility index (Phi) is 19.2. The number of likely N-dealkylation sites (tertiary alicyclic amines) is 2. The molecule has 18 nitrogen and oxygen atoms in total. The molecule has 9 N–H and O–H groups in total. The second kappa shape index (κ2) is 24.2. The maximum atomic E-state index is 14.5. The molecule has 1 aliphatic carbocycles. The van der Waals surface area contributed by atoms with Gasteiger partial charge in [0.15, 0.2) is 0 Å². The van der Waals surface area contributed by atoms with E-state index in [1.54, 1.807) is 32.8 Å². The number of benzene rings is 2. The third kappa shape index (κ3) is 13.7. The van der Waals surface area contributed by atoms with Crippen LogP contribution in [0.2, 0.25) is 0 Å². The molecule has 2 aromatic carbocycles. The average Bonchev–Trinajstić information content (AvgIpc) is 3.99. The lowest BCUT2D eigenvalue weighted by Crippen LogP contribution is -2.61. The molecule has 2 saturated heterocycles. The van der Waals surface area contributed by atoms with Crippen molar-refractivity contribution in [3.63, 3.8) is 0 Å². The average molecular weight is 985 g/mol. The maximum absolute atomic E-state index is 14.5. The predicted octanol–water partition coefficient (Wildman–Crippen LogP) is 2.84. The van der Waals surface area contributed by atoms with E-state index in [2.05, 4.69) is 43.3 Å². The Morgan fingerprint density at radius 3 is 1.99 bits per heavy atom. The first kappa shape index (κ1) is 56.4. The number of ketones is 1. The molecular weight excluding hydrogens is 905 g/mol. The highest BCUT2D eigenvalue weighted by atomic mass is 16.3. The summed E-state index contributed by atoms with van der Waals surface area (Å²) >= 11 is 0. The van der Waals surface area contributed by atoms with Crippen LogP contribution in [0, 0.1) is 28.6 Å². The number of fused-ring (bicyclic) bond motifs is 1. The van der Waals surface area contributed by atoms with Crippen LogP contribution in [0.3, 0.4) is 0 Å². The number of carbonyl (C=O) groups excluding carboxylic acids is 7. The number of carbonyl (C=O) groups is 7. The summed E-state index contributed by atoms with van der Waals surface area (Å²) < 4.78 is 0. The summed E-state index contributed by atoms with van der Waals surface area (Å²) in [4.78, 5) is 100. The molecule has 18 heteroatoms. The van der Waals surface area contributed by atoms with Crippen molar-refractivity contribution in [1.29, 1.82) is 5.41 Å². The molecule has 2 heterocycles. The van der Waals surface area contributed by atoms with Crippen LogP contribution in [-0.2, 0) is 30.4 Å². The second-order valence-electron chi connectivity index (χ2n) is 21.6. The minimum absolute atomic E-state index is 0.0110. The molecule has 11 unspecified atom stereocenters. The molecule has 3 aliphatic rings. The summed E-state index contributed by atoms with van der Waals surface area (Å²) in [6, 6.07) is 7.99. The van der Waals surface area contributed by atoms with Crippen molar-refractivity contribution < 1.29 is 38.7 Å². The van der Waals surface area contributed by atoms with E-state index in [9.17, 15) is 44.1 Å². The molecule has 2 aliphatic heterocycles. The maximum Gasteiger partial charge on any atom is 0.251 e. The molecule has 0 aromatic heterocycles. The number of hydrogen-bond donors (Lipinski definition) is 9. The fourth-order valence-electron chi connectivity index (χ4n) is 9.56. The summed E-state index contributed by atoms with van der Waals surface area (Å²) in [6.07, 6.45) is 1.27. The van der Waals surface area contributed by atoms with Crippen LogP contribution in [0.15, 0.2) is 48.5 Å². The van der Waals surface area contributed by atoms with Crippen LogP contribution < -0.4 is 37.2 Å². The van der Waals surface area contributed by atoms with Crippen molar-refractivity contribution >= 4 is 46.9 Å². The van der Waals surface area contributed by atoms with E-state index in [1.807, 2.05) is 73.6 Å². The zero-order valence-electron chi connectivity index (χ0n) is 43.8. The summed E-state index contributed by atoms with van der Waals surface area (Å²) in [7, 11) is 3.30. The molecule has 71 heavy (non-hydrogen) atoms.